The second kappa shape index (κ2) is 6.67. The van der Waals surface area contributed by atoms with Crippen LogP contribution in [0, 0.1) is 29.1 Å². The molecule has 0 aromatic heterocycles. The van der Waals surface area contributed by atoms with Crippen LogP contribution in [-0.4, -0.2) is 42.8 Å². The van der Waals surface area contributed by atoms with E-state index in [1.807, 2.05) is 0 Å². The first kappa shape index (κ1) is 16.1. The van der Waals surface area contributed by atoms with Crippen molar-refractivity contribution < 1.29 is 27.1 Å². The fourth-order valence-electron chi connectivity index (χ4n) is 2.54. The number of hydrogen-bond donors (Lipinski definition) is 2. The number of aliphatic hydroxyl groups excluding tert-OH is 1. The van der Waals surface area contributed by atoms with Crippen LogP contribution in [0.5, 0.6) is 0 Å². The number of piperazine rings is 1. The van der Waals surface area contributed by atoms with E-state index >= 15 is 0 Å². The summed E-state index contributed by atoms with van der Waals surface area (Å²) in [5, 5.41) is 12.1. The fraction of sp³-hybridized carbons (Fsp3) is 0.538. The summed E-state index contributed by atoms with van der Waals surface area (Å²) in [7, 11) is 0. The molecule has 2 rings (SSSR count). The Morgan fingerprint density at radius 2 is 1.38 bits per heavy atom. The summed E-state index contributed by atoms with van der Waals surface area (Å²) in [4.78, 5) is 1.60. The van der Waals surface area contributed by atoms with Crippen LogP contribution in [0.15, 0.2) is 0 Å². The molecule has 0 saturated carbocycles. The van der Waals surface area contributed by atoms with Gasteiger partial charge >= 0.3 is 0 Å². The Hall–Kier alpha value is -1.25. The molecule has 3 nitrogen and oxygen atoms in total. The smallest absolute Gasteiger partial charge is 0.200 e. The maximum absolute atomic E-state index is 13.9. The Morgan fingerprint density at radius 3 is 1.86 bits per heavy atom. The molecular weight excluding hydrogens is 295 g/mol. The summed E-state index contributed by atoms with van der Waals surface area (Å²) >= 11 is 0. The lowest BCUT2D eigenvalue weighted by atomic mass is 9.99. The van der Waals surface area contributed by atoms with Crippen LogP contribution in [0.4, 0.5) is 22.0 Å². The Morgan fingerprint density at radius 1 is 0.905 bits per heavy atom. The minimum Gasteiger partial charge on any atom is -0.396 e. The van der Waals surface area contributed by atoms with Gasteiger partial charge in [-0.3, -0.25) is 4.90 Å². The summed E-state index contributed by atoms with van der Waals surface area (Å²) in [5.41, 5.74) is -0.873. The zero-order valence-corrected chi connectivity index (χ0v) is 11.1. The topological polar surface area (TPSA) is 35.5 Å². The molecule has 0 aliphatic carbocycles. The summed E-state index contributed by atoms with van der Waals surface area (Å²) in [5.74, 6) is -9.74. The molecule has 2 N–H and O–H groups in total. The van der Waals surface area contributed by atoms with Crippen LogP contribution in [0.1, 0.15) is 18.0 Å². The van der Waals surface area contributed by atoms with E-state index in [0.29, 0.717) is 26.2 Å². The van der Waals surface area contributed by atoms with Crippen LogP contribution < -0.4 is 5.32 Å². The van der Waals surface area contributed by atoms with Gasteiger partial charge in [0.05, 0.1) is 0 Å². The number of nitrogens with zero attached hydrogens (tertiary/aromatic N) is 1. The molecule has 1 saturated heterocycles. The molecule has 0 spiro atoms. The predicted molar refractivity (Wildman–Crippen MR) is 65.1 cm³/mol. The third-order valence-electron chi connectivity index (χ3n) is 3.57. The molecule has 8 heteroatoms. The van der Waals surface area contributed by atoms with Crippen molar-refractivity contribution >= 4 is 0 Å². The van der Waals surface area contributed by atoms with Crippen molar-refractivity contribution in [1.29, 1.82) is 0 Å². The number of halogens is 5. The first-order valence-electron chi connectivity index (χ1n) is 6.56. The molecule has 0 radical (unpaired) electrons. The summed E-state index contributed by atoms with van der Waals surface area (Å²) in [6, 6.07) is -1.05. The summed E-state index contributed by atoms with van der Waals surface area (Å²) < 4.78 is 67.5. The van der Waals surface area contributed by atoms with Crippen molar-refractivity contribution in [1.82, 2.24) is 10.2 Å². The Labute approximate surface area is 118 Å². The van der Waals surface area contributed by atoms with E-state index in [4.69, 9.17) is 5.11 Å². The molecule has 21 heavy (non-hydrogen) atoms. The van der Waals surface area contributed by atoms with Gasteiger partial charge in [-0.25, -0.2) is 22.0 Å². The first-order valence-corrected chi connectivity index (χ1v) is 6.56. The van der Waals surface area contributed by atoms with Crippen LogP contribution in [0.3, 0.4) is 0 Å². The molecule has 1 heterocycles. The van der Waals surface area contributed by atoms with E-state index in [1.54, 1.807) is 4.90 Å². The zero-order chi connectivity index (χ0) is 15.6. The maximum Gasteiger partial charge on any atom is 0.200 e. The van der Waals surface area contributed by atoms with Crippen molar-refractivity contribution in [2.24, 2.45) is 0 Å². The van der Waals surface area contributed by atoms with E-state index in [1.165, 1.54) is 0 Å². The highest BCUT2D eigenvalue weighted by Crippen LogP contribution is 2.33. The highest BCUT2D eigenvalue weighted by atomic mass is 19.2. The number of nitrogens with one attached hydrogen (secondary N) is 1. The lowest BCUT2D eigenvalue weighted by Crippen LogP contribution is -2.45. The number of aliphatic hydroxyl groups is 1. The third-order valence-corrected chi connectivity index (χ3v) is 3.57. The number of hydrogen-bond acceptors (Lipinski definition) is 3. The van der Waals surface area contributed by atoms with Gasteiger partial charge in [0, 0.05) is 44.4 Å². The number of rotatable bonds is 4. The van der Waals surface area contributed by atoms with E-state index < -0.39 is 47.3 Å². The maximum atomic E-state index is 13.9. The summed E-state index contributed by atoms with van der Waals surface area (Å²) in [6.45, 7) is 1.44. The van der Waals surface area contributed by atoms with Gasteiger partial charge in [-0.05, 0) is 6.42 Å². The SMILES string of the molecule is OCC[C@H](c1c(F)c(F)c(F)c(F)c1F)N1CCNCC1. The van der Waals surface area contributed by atoms with Gasteiger partial charge in [0.2, 0.25) is 5.82 Å². The van der Waals surface area contributed by atoms with Gasteiger partial charge in [0.1, 0.15) is 0 Å². The highest BCUT2D eigenvalue weighted by Gasteiger charge is 2.33. The summed E-state index contributed by atoms with van der Waals surface area (Å²) in [6.07, 6.45) is -0.113. The lowest BCUT2D eigenvalue weighted by Gasteiger charge is -2.35. The Kier molecular flexibility index (Phi) is 5.13. The molecule has 1 atom stereocenters. The van der Waals surface area contributed by atoms with Gasteiger partial charge in [-0.2, -0.15) is 0 Å². The van der Waals surface area contributed by atoms with E-state index in [0.717, 1.165) is 0 Å². The third kappa shape index (κ3) is 3.02. The van der Waals surface area contributed by atoms with Gasteiger partial charge in [-0.1, -0.05) is 0 Å². The molecule has 1 fully saturated rings. The normalized spacial score (nSPS) is 18.0. The van der Waals surface area contributed by atoms with E-state index in [-0.39, 0.29) is 6.42 Å². The van der Waals surface area contributed by atoms with Crippen LogP contribution in [-0.2, 0) is 0 Å². The van der Waals surface area contributed by atoms with Crippen molar-refractivity contribution in [3.8, 4) is 0 Å². The van der Waals surface area contributed by atoms with Gasteiger partial charge in [0.25, 0.3) is 0 Å². The zero-order valence-electron chi connectivity index (χ0n) is 11.1. The van der Waals surface area contributed by atoms with Crippen molar-refractivity contribution in [2.75, 3.05) is 32.8 Å². The van der Waals surface area contributed by atoms with Crippen LogP contribution in [0.25, 0.3) is 0 Å². The Balaban J connectivity index is 2.49. The molecule has 1 aromatic rings. The van der Waals surface area contributed by atoms with Crippen molar-refractivity contribution in [2.45, 2.75) is 12.5 Å². The minimum atomic E-state index is -2.17. The fourth-order valence-corrected chi connectivity index (χ4v) is 2.54. The van der Waals surface area contributed by atoms with Gasteiger partial charge in [-0.15, -0.1) is 0 Å². The molecule has 118 valence electrons. The largest absolute Gasteiger partial charge is 0.396 e. The molecule has 0 unspecified atom stereocenters. The Bertz CT molecular complexity index is 491. The molecule has 1 aromatic carbocycles. The molecule has 0 amide bonds. The average Bonchev–Trinajstić information content (AvgIpc) is 2.51. The quantitative estimate of drug-likeness (QED) is 0.505. The van der Waals surface area contributed by atoms with Gasteiger partial charge < -0.3 is 10.4 Å². The van der Waals surface area contributed by atoms with Gasteiger partial charge in [0.15, 0.2) is 23.3 Å². The molecule has 1 aliphatic rings. The molecular formula is C13H15F5N2O. The minimum absolute atomic E-state index is 0.113. The second-order valence-corrected chi connectivity index (χ2v) is 4.80. The van der Waals surface area contributed by atoms with E-state index in [9.17, 15) is 22.0 Å². The van der Waals surface area contributed by atoms with Crippen molar-refractivity contribution in [3.05, 3.63) is 34.6 Å². The highest BCUT2D eigenvalue weighted by molar-refractivity contribution is 5.27. The number of benzene rings is 1. The molecule has 0 bridgehead atoms. The van der Waals surface area contributed by atoms with E-state index in [2.05, 4.69) is 5.32 Å². The average molecular weight is 310 g/mol. The monoisotopic (exact) mass is 310 g/mol. The van der Waals surface area contributed by atoms with Crippen LogP contribution in [0.2, 0.25) is 0 Å². The van der Waals surface area contributed by atoms with Crippen molar-refractivity contribution in [3.63, 3.8) is 0 Å². The predicted octanol–water partition coefficient (Wildman–Crippen LogP) is 1.71. The lowest BCUT2D eigenvalue weighted by molar-refractivity contribution is 0.133. The second-order valence-electron chi connectivity index (χ2n) is 4.80. The molecule has 1 aliphatic heterocycles. The standard InChI is InChI=1S/C13H15F5N2O/c14-9-8(10(15)12(17)13(18)11(9)16)7(1-6-21)20-4-2-19-3-5-20/h7,19,21H,1-6H2/t7-/m1/s1. The van der Waals surface area contributed by atoms with Crippen LogP contribution >= 0.6 is 0 Å². The first-order chi connectivity index (χ1) is 9.99.